The molecular weight excluding hydrogens is 206 g/mol. The highest BCUT2D eigenvalue weighted by molar-refractivity contribution is 8.14. The molecule has 1 saturated heterocycles. The monoisotopic (exact) mass is 217 g/mol. The van der Waals surface area contributed by atoms with Crippen molar-refractivity contribution >= 4 is 28.9 Å². The second kappa shape index (κ2) is 4.99. The number of aliphatic carboxylic acids is 1. The van der Waals surface area contributed by atoms with Gasteiger partial charge in [0.05, 0.1) is 5.75 Å². The number of hydrogen-bond donors (Lipinski definition) is 1. The van der Waals surface area contributed by atoms with Crippen LogP contribution in [-0.2, 0) is 9.59 Å². The fourth-order valence-corrected chi connectivity index (χ4v) is 1.89. The fourth-order valence-electron chi connectivity index (χ4n) is 1.14. The molecule has 1 fully saturated rings. The first-order chi connectivity index (χ1) is 6.61. The molecule has 0 aromatic heterocycles. The van der Waals surface area contributed by atoms with Gasteiger partial charge in [-0.05, 0) is 12.8 Å². The number of rotatable bonds is 5. The number of amides is 2. The Labute approximate surface area is 85.4 Å². The average molecular weight is 217 g/mol. The minimum absolute atomic E-state index is 0.0867. The first-order valence-corrected chi connectivity index (χ1v) is 5.28. The lowest BCUT2D eigenvalue weighted by molar-refractivity contribution is -0.137. The number of nitrogens with zero attached hydrogens (tertiary/aromatic N) is 1. The third-order valence-electron chi connectivity index (χ3n) is 1.86. The van der Waals surface area contributed by atoms with Crippen LogP contribution >= 0.6 is 11.8 Å². The predicted molar refractivity (Wildman–Crippen MR) is 51.1 cm³/mol. The SMILES string of the molecule is O=C(O)CCCCN1C(=O)CSC1=O. The summed E-state index contributed by atoms with van der Waals surface area (Å²) in [6, 6.07) is 0. The van der Waals surface area contributed by atoms with E-state index in [1.807, 2.05) is 0 Å². The number of hydrogen-bond acceptors (Lipinski definition) is 4. The molecule has 5 nitrogen and oxygen atoms in total. The summed E-state index contributed by atoms with van der Waals surface area (Å²) in [6.45, 7) is 0.345. The highest BCUT2D eigenvalue weighted by Crippen LogP contribution is 2.19. The van der Waals surface area contributed by atoms with Gasteiger partial charge in [-0.25, -0.2) is 0 Å². The van der Waals surface area contributed by atoms with Crippen LogP contribution in [0.5, 0.6) is 0 Å². The molecule has 0 radical (unpaired) electrons. The van der Waals surface area contributed by atoms with Gasteiger partial charge in [0.2, 0.25) is 5.91 Å². The quantitative estimate of drug-likeness (QED) is 0.693. The van der Waals surface area contributed by atoms with Gasteiger partial charge >= 0.3 is 5.97 Å². The van der Waals surface area contributed by atoms with Gasteiger partial charge in [-0.1, -0.05) is 11.8 Å². The number of carbonyl (C=O) groups is 3. The molecule has 1 heterocycles. The summed E-state index contributed by atoms with van der Waals surface area (Å²) in [5.74, 6) is -0.800. The van der Waals surface area contributed by atoms with Crippen LogP contribution in [0.4, 0.5) is 4.79 Å². The van der Waals surface area contributed by atoms with Gasteiger partial charge in [0.25, 0.3) is 5.24 Å². The van der Waals surface area contributed by atoms with E-state index in [1.54, 1.807) is 0 Å². The van der Waals surface area contributed by atoms with E-state index >= 15 is 0 Å². The third-order valence-corrected chi connectivity index (χ3v) is 2.72. The Morgan fingerprint density at radius 3 is 2.64 bits per heavy atom. The lowest BCUT2D eigenvalue weighted by atomic mass is 10.2. The van der Waals surface area contributed by atoms with Crippen molar-refractivity contribution < 1.29 is 19.5 Å². The van der Waals surface area contributed by atoms with Crippen molar-refractivity contribution in [3.05, 3.63) is 0 Å². The number of unbranched alkanes of at least 4 members (excludes halogenated alkanes) is 1. The van der Waals surface area contributed by atoms with Crippen molar-refractivity contribution in [3.8, 4) is 0 Å². The molecular formula is C8H11NO4S. The second-order valence-electron chi connectivity index (χ2n) is 2.95. The van der Waals surface area contributed by atoms with Crippen LogP contribution in [0.1, 0.15) is 19.3 Å². The molecule has 1 aliphatic rings. The molecule has 1 N–H and O–H groups in total. The van der Waals surface area contributed by atoms with E-state index in [-0.39, 0.29) is 23.3 Å². The molecule has 0 aromatic carbocycles. The van der Waals surface area contributed by atoms with E-state index in [9.17, 15) is 14.4 Å². The lowest BCUT2D eigenvalue weighted by Gasteiger charge is -2.11. The molecule has 1 rings (SSSR count). The summed E-state index contributed by atoms with van der Waals surface area (Å²) in [4.78, 5) is 33.5. The Kier molecular flexibility index (Phi) is 3.94. The van der Waals surface area contributed by atoms with Crippen molar-refractivity contribution in [1.82, 2.24) is 4.90 Å². The van der Waals surface area contributed by atoms with Gasteiger partial charge in [0, 0.05) is 13.0 Å². The van der Waals surface area contributed by atoms with Gasteiger partial charge in [-0.2, -0.15) is 0 Å². The van der Waals surface area contributed by atoms with Crippen LogP contribution in [0.25, 0.3) is 0 Å². The Hall–Kier alpha value is -1.04. The maximum absolute atomic E-state index is 11.1. The molecule has 0 aromatic rings. The van der Waals surface area contributed by atoms with Gasteiger partial charge in [-0.3, -0.25) is 19.3 Å². The molecule has 0 bridgehead atoms. The molecule has 0 spiro atoms. The van der Waals surface area contributed by atoms with Crippen molar-refractivity contribution in [2.75, 3.05) is 12.3 Å². The zero-order chi connectivity index (χ0) is 10.6. The molecule has 0 atom stereocenters. The van der Waals surface area contributed by atoms with Gasteiger partial charge < -0.3 is 5.11 Å². The molecule has 0 unspecified atom stereocenters. The first-order valence-electron chi connectivity index (χ1n) is 4.30. The van der Waals surface area contributed by atoms with Crippen LogP contribution in [0.3, 0.4) is 0 Å². The summed E-state index contributed by atoms with van der Waals surface area (Å²) in [5.41, 5.74) is 0. The zero-order valence-corrected chi connectivity index (χ0v) is 8.38. The predicted octanol–water partition coefficient (Wildman–Crippen LogP) is 0.937. The molecule has 6 heteroatoms. The van der Waals surface area contributed by atoms with E-state index in [2.05, 4.69) is 0 Å². The van der Waals surface area contributed by atoms with E-state index in [0.29, 0.717) is 19.4 Å². The Bertz CT molecular complexity index is 250. The van der Waals surface area contributed by atoms with E-state index in [4.69, 9.17) is 5.11 Å². The molecule has 14 heavy (non-hydrogen) atoms. The van der Waals surface area contributed by atoms with Crippen LogP contribution < -0.4 is 0 Å². The van der Waals surface area contributed by atoms with Gasteiger partial charge in [0.1, 0.15) is 0 Å². The summed E-state index contributed by atoms with van der Waals surface area (Å²) in [7, 11) is 0. The second-order valence-corrected chi connectivity index (χ2v) is 3.88. The highest BCUT2D eigenvalue weighted by atomic mass is 32.2. The van der Waals surface area contributed by atoms with Crippen LogP contribution in [-0.4, -0.2) is 39.4 Å². The summed E-state index contributed by atoms with van der Waals surface area (Å²) in [6.07, 6.45) is 1.14. The van der Waals surface area contributed by atoms with Gasteiger partial charge in [0.15, 0.2) is 0 Å². The third kappa shape index (κ3) is 3.02. The summed E-state index contributed by atoms with van der Waals surface area (Å²) < 4.78 is 0. The largest absolute Gasteiger partial charge is 0.481 e. The van der Waals surface area contributed by atoms with Gasteiger partial charge in [-0.15, -0.1) is 0 Å². The Morgan fingerprint density at radius 2 is 2.14 bits per heavy atom. The summed E-state index contributed by atoms with van der Waals surface area (Å²) in [5, 5.41) is 8.14. The molecule has 0 aliphatic carbocycles. The zero-order valence-electron chi connectivity index (χ0n) is 7.56. The average Bonchev–Trinajstić information content (AvgIpc) is 2.42. The maximum atomic E-state index is 11.1. The van der Waals surface area contributed by atoms with Crippen LogP contribution in [0, 0.1) is 0 Å². The fraction of sp³-hybridized carbons (Fsp3) is 0.625. The summed E-state index contributed by atoms with van der Waals surface area (Å²) >= 11 is 0.999. The van der Waals surface area contributed by atoms with Crippen LogP contribution in [0.15, 0.2) is 0 Å². The molecule has 1 aliphatic heterocycles. The van der Waals surface area contributed by atoms with E-state index in [1.165, 1.54) is 4.90 Å². The van der Waals surface area contributed by atoms with E-state index < -0.39 is 5.97 Å². The number of carbonyl (C=O) groups excluding carboxylic acids is 2. The minimum Gasteiger partial charge on any atom is -0.481 e. The highest BCUT2D eigenvalue weighted by Gasteiger charge is 2.28. The van der Waals surface area contributed by atoms with Crippen molar-refractivity contribution in [2.24, 2.45) is 0 Å². The smallest absolute Gasteiger partial charge is 0.303 e. The number of carboxylic acids is 1. The topological polar surface area (TPSA) is 74.7 Å². The van der Waals surface area contributed by atoms with Crippen molar-refractivity contribution in [3.63, 3.8) is 0 Å². The van der Waals surface area contributed by atoms with Crippen molar-refractivity contribution in [1.29, 1.82) is 0 Å². The first kappa shape index (κ1) is 11.0. The number of thioether (sulfide) groups is 1. The minimum atomic E-state index is -0.849. The number of carboxylic acid groups (broad SMARTS) is 1. The molecule has 78 valence electrons. The normalized spacial score (nSPS) is 16.4. The lowest BCUT2D eigenvalue weighted by Crippen LogP contribution is -2.29. The number of imide groups is 1. The Morgan fingerprint density at radius 1 is 1.43 bits per heavy atom. The maximum Gasteiger partial charge on any atom is 0.303 e. The van der Waals surface area contributed by atoms with Crippen molar-refractivity contribution in [2.45, 2.75) is 19.3 Å². The standard InChI is InChI=1S/C8H11NO4S/c10-6-5-14-8(13)9(6)4-2-1-3-7(11)12/h1-5H2,(H,11,12). The van der Waals surface area contributed by atoms with Crippen LogP contribution in [0.2, 0.25) is 0 Å². The van der Waals surface area contributed by atoms with E-state index in [0.717, 1.165) is 11.8 Å². The molecule has 0 saturated carbocycles. The Balaban J connectivity index is 2.20. The molecule has 2 amide bonds.